The van der Waals surface area contributed by atoms with Crippen LogP contribution in [0.1, 0.15) is 11.3 Å². The molecule has 0 fully saturated rings. The Bertz CT molecular complexity index is 491. The Kier molecular flexibility index (Phi) is 2.11. The van der Waals surface area contributed by atoms with Gasteiger partial charge in [0, 0.05) is 30.7 Å². The van der Waals surface area contributed by atoms with Crippen LogP contribution in [0.5, 0.6) is 0 Å². The average Bonchev–Trinajstić information content (AvgIpc) is 2.72. The minimum atomic E-state index is 0.584. The van der Waals surface area contributed by atoms with Crippen LogP contribution in [-0.2, 0) is 7.05 Å². The second kappa shape index (κ2) is 3.31. The molecule has 0 saturated heterocycles. The first-order valence-corrected chi connectivity index (χ1v) is 4.71. The van der Waals surface area contributed by atoms with E-state index in [4.69, 9.17) is 5.73 Å². The smallest absolute Gasteiger partial charge is 0.0668 e. The number of rotatable bonds is 2. The molecule has 0 amide bonds. The van der Waals surface area contributed by atoms with Crippen molar-refractivity contribution in [3.8, 4) is 11.3 Å². The molecule has 0 bridgehead atoms. The fourth-order valence-corrected chi connectivity index (χ4v) is 1.89. The summed E-state index contributed by atoms with van der Waals surface area (Å²) in [5, 5.41) is 6.88. The minimum Gasteiger partial charge on any atom is -0.398 e. The first-order valence-electron chi connectivity index (χ1n) is 4.71. The van der Waals surface area contributed by atoms with Crippen LogP contribution in [0.3, 0.4) is 0 Å². The fraction of sp³-hybridized carbons (Fsp3) is 0.182. The van der Waals surface area contributed by atoms with Crippen molar-refractivity contribution < 1.29 is 0 Å². The SMILES string of the molecule is C=C(N)c1c(C)c(-c2ccn[nH]2)cn1C. The summed E-state index contributed by atoms with van der Waals surface area (Å²) in [7, 11) is 1.96. The van der Waals surface area contributed by atoms with Gasteiger partial charge in [-0.25, -0.2) is 0 Å². The standard InChI is InChI=1S/C11H14N4/c1-7-9(10-4-5-13-14-10)6-15(3)11(7)8(2)12/h4-6H,2,12H2,1,3H3,(H,13,14). The Balaban J connectivity index is 2.61. The van der Waals surface area contributed by atoms with Crippen molar-refractivity contribution in [2.45, 2.75) is 6.92 Å². The zero-order valence-electron chi connectivity index (χ0n) is 8.91. The van der Waals surface area contributed by atoms with Crippen LogP contribution in [0.15, 0.2) is 25.0 Å². The largest absolute Gasteiger partial charge is 0.398 e. The number of nitrogens with two attached hydrogens (primary N) is 1. The van der Waals surface area contributed by atoms with Gasteiger partial charge >= 0.3 is 0 Å². The van der Waals surface area contributed by atoms with E-state index < -0.39 is 0 Å². The lowest BCUT2D eigenvalue weighted by Crippen LogP contribution is -2.01. The zero-order valence-corrected chi connectivity index (χ0v) is 8.91. The molecular weight excluding hydrogens is 188 g/mol. The van der Waals surface area contributed by atoms with Crippen molar-refractivity contribution >= 4 is 5.70 Å². The van der Waals surface area contributed by atoms with Gasteiger partial charge < -0.3 is 10.3 Å². The van der Waals surface area contributed by atoms with E-state index in [9.17, 15) is 0 Å². The van der Waals surface area contributed by atoms with Gasteiger partial charge in [0.25, 0.3) is 0 Å². The zero-order chi connectivity index (χ0) is 11.0. The molecule has 2 rings (SSSR count). The Morgan fingerprint density at radius 3 is 2.80 bits per heavy atom. The normalized spacial score (nSPS) is 10.5. The molecule has 2 heterocycles. The van der Waals surface area contributed by atoms with E-state index in [2.05, 4.69) is 16.8 Å². The number of aromatic nitrogens is 3. The number of aromatic amines is 1. The van der Waals surface area contributed by atoms with Crippen LogP contribution < -0.4 is 5.73 Å². The van der Waals surface area contributed by atoms with Gasteiger partial charge in [0.15, 0.2) is 0 Å². The molecule has 0 unspecified atom stereocenters. The Morgan fingerprint density at radius 1 is 1.60 bits per heavy atom. The maximum absolute atomic E-state index is 5.74. The molecule has 0 aliphatic rings. The molecular formula is C11H14N4. The third-order valence-corrected chi connectivity index (χ3v) is 2.53. The first kappa shape index (κ1) is 9.58. The summed E-state index contributed by atoms with van der Waals surface area (Å²) in [6.07, 6.45) is 3.76. The van der Waals surface area contributed by atoms with Gasteiger partial charge in [-0.1, -0.05) is 6.58 Å². The lowest BCUT2D eigenvalue weighted by atomic mass is 10.1. The molecule has 0 aromatic carbocycles. The van der Waals surface area contributed by atoms with Crippen LogP contribution in [-0.4, -0.2) is 14.8 Å². The third kappa shape index (κ3) is 1.44. The second-order valence-corrected chi connectivity index (χ2v) is 3.62. The fourth-order valence-electron chi connectivity index (χ4n) is 1.89. The molecule has 2 aromatic rings. The van der Waals surface area contributed by atoms with E-state index in [0.29, 0.717) is 5.70 Å². The quantitative estimate of drug-likeness (QED) is 0.778. The first-order chi connectivity index (χ1) is 7.11. The van der Waals surface area contributed by atoms with Crippen LogP contribution in [0.4, 0.5) is 0 Å². The van der Waals surface area contributed by atoms with Crippen LogP contribution in [0, 0.1) is 6.92 Å². The molecule has 3 N–H and O–H groups in total. The summed E-state index contributed by atoms with van der Waals surface area (Å²) in [5.41, 5.74) is 10.5. The Hall–Kier alpha value is -1.97. The molecule has 0 aliphatic carbocycles. The molecule has 15 heavy (non-hydrogen) atoms. The Morgan fingerprint density at radius 2 is 2.33 bits per heavy atom. The van der Waals surface area contributed by atoms with Crippen LogP contribution >= 0.6 is 0 Å². The minimum absolute atomic E-state index is 0.584. The number of aryl methyl sites for hydroxylation is 1. The van der Waals surface area contributed by atoms with Gasteiger partial charge in [-0.3, -0.25) is 5.10 Å². The summed E-state index contributed by atoms with van der Waals surface area (Å²) in [6, 6.07) is 1.94. The summed E-state index contributed by atoms with van der Waals surface area (Å²) in [6.45, 7) is 5.80. The molecule has 78 valence electrons. The predicted octanol–water partition coefficient (Wildman–Crippen LogP) is 1.65. The van der Waals surface area contributed by atoms with Gasteiger partial charge in [0.1, 0.15) is 0 Å². The molecule has 2 aromatic heterocycles. The van der Waals surface area contributed by atoms with E-state index in [1.165, 1.54) is 0 Å². The summed E-state index contributed by atoms with van der Waals surface area (Å²) in [5.74, 6) is 0. The van der Waals surface area contributed by atoms with Crippen LogP contribution in [0.25, 0.3) is 17.0 Å². The van der Waals surface area contributed by atoms with Gasteiger partial charge in [-0.15, -0.1) is 0 Å². The third-order valence-electron chi connectivity index (χ3n) is 2.53. The highest BCUT2D eigenvalue weighted by Gasteiger charge is 2.13. The lowest BCUT2D eigenvalue weighted by molar-refractivity contribution is 0.902. The van der Waals surface area contributed by atoms with Gasteiger partial charge in [-0.2, -0.15) is 5.10 Å². The molecule has 0 saturated carbocycles. The number of H-pyrrole nitrogens is 1. The number of hydrogen-bond donors (Lipinski definition) is 2. The summed E-state index contributed by atoms with van der Waals surface area (Å²) >= 11 is 0. The van der Waals surface area contributed by atoms with Crippen LogP contribution in [0.2, 0.25) is 0 Å². The topological polar surface area (TPSA) is 59.6 Å². The second-order valence-electron chi connectivity index (χ2n) is 3.62. The van der Waals surface area contributed by atoms with E-state index in [0.717, 1.165) is 22.5 Å². The average molecular weight is 202 g/mol. The molecule has 4 nitrogen and oxygen atoms in total. The van der Waals surface area contributed by atoms with Crippen molar-refractivity contribution in [2.75, 3.05) is 0 Å². The van der Waals surface area contributed by atoms with E-state index in [-0.39, 0.29) is 0 Å². The Labute approximate surface area is 88.4 Å². The number of nitrogens with one attached hydrogen (secondary N) is 1. The highest BCUT2D eigenvalue weighted by molar-refractivity contribution is 5.72. The van der Waals surface area contributed by atoms with Crippen molar-refractivity contribution in [2.24, 2.45) is 12.8 Å². The number of nitrogens with zero attached hydrogens (tertiary/aromatic N) is 2. The van der Waals surface area contributed by atoms with Crippen molar-refractivity contribution in [1.29, 1.82) is 0 Å². The maximum Gasteiger partial charge on any atom is 0.0668 e. The monoisotopic (exact) mass is 202 g/mol. The highest BCUT2D eigenvalue weighted by atomic mass is 15.1. The molecule has 0 radical (unpaired) electrons. The van der Waals surface area contributed by atoms with Crippen molar-refractivity contribution in [3.63, 3.8) is 0 Å². The molecule has 0 atom stereocenters. The van der Waals surface area contributed by atoms with Gasteiger partial charge in [0.05, 0.1) is 11.4 Å². The summed E-state index contributed by atoms with van der Waals surface area (Å²) < 4.78 is 1.98. The highest BCUT2D eigenvalue weighted by Crippen LogP contribution is 2.27. The van der Waals surface area contributed by atoms with Crippen molar-refractivity contribution in [3.05, 3.63) is 36.3 Å². The molecule has 0 aliphatic heterocycles. The molecule has 4 heteroatoms. The molecule has 0 spiro atoms. The summed E-state index contributed by atoms with van der Waals surface area (Å²) in [4.78, 5) is 0. The van der Waals surface area contributed by atoms with E-state index in [1.807, 2.05) is 30.8 Å². The van der Waals surface area contributed by atoms with E-state index >= 15 is 0 Å². The number of hydrogen-bond acceptors (Lipinski definition) is 2. The van der Waals surface area contributed by atoms with E-state index in [1.54, 1.807) is 6.20 Å². The predicted molar refractivity (Wildman–Crippen MR) is 61.0 cm³/mol. The lowest BCUT2D eigenvalue weighted by Gasteiger charge is -2.03. The van der Waals surface area contributed by atoms with Crippen molar-refractivity contribution in [1.82, 2.24) is 14.8 Å². The van der Waals surface area contributed by atoms with Gasteiger partial charge in [0.2, 0.25) is 0 Å². The van der Waals surface area contributed by atoms with Gasteiger partial charge in [-0.05, 0) is 18.6 Å². The maximum atomic E-state index is 5.74.